The first-order valence-corrected chi connectivity index (χ1v) is 6.04. The third-order valence-electron chi connectivity index (χ3n) is 2.45. The molecule has 0 saturated heterocycles. The summed E-state index contributed by atoms with van der Waals surface area (Å²) in [4.78, 5) is 0. The molecule has 0 aliphatic carbocycles. The molecule has 1 atom stereocenters. The topological polar surface area (TPSA) is 46.2 Å². The Morgan fingerprint density at radius 3 is 2.53 bits per heavy atom. The van der Waals surface area contributed by atoms with E-state index in [1.165, 1.54) is 0 Å². The minimum absolute atomic E-state index is 0.0595. The maximum atomic E-state index is 9.36. The Bertz CT molecular complexity index is 325. The van der Waals surface area contributed by atoms with E-state index in [2.05, 4.69) is 29.8 Å². The molecule has 0 fully saturated rings. The van der Waals surface area contributed by atoms with Crippen molar-refractivity contribution in [1.82, 2.24) is 0 Å². The average Bonchev–Trinajstić information content (AvgIpc) is 2.18. The van der Waals surface area contributed by atoms with Gasteiger partial charge in [-0.15, -0.1) is 0 Å². The molecule has 2 nitrogen and oxygen atoms in total. The summed E-state index contributed by atoms with van der Waals surface area (Å²) in [6.45, 7) is 4.39. The highest BCUT2D eigenvalue weighted by Gasteiger charge is 2.08. The van der Waals surface area contributed by atoms with Crippen molar-refractivity contribution in [1.29, 1.82) is 0 Å². The number of aromatic hydroxyl groups is 1. The SMILES string of the molecule is CC(C)CC[C@@H](N)c1ccc(O)c(Br)c1. The van der Waals surface area contributed by atoms with E-state index in [0.717, 1.165) is 18.4 Å². The number of phenolic OH excluding ortho intramolecular Hbond substituents is 1. The van der Waals surface area contributed by atoms with Gasteiger partial charge in [-0.2, -0.15) is 0 Å². The molecule has 15 heavy (non-hydrogen) atoms. The van der Waals surface area contributed by atoms with Crippen LogP contribution in [0.3, 0.4) is 0 Å². The van der Waals surface area contributed by atoms with E-state index in [1.54, 1.807) is 6.07 Å². The fourth-order valence-corrected chi connectivity index (χ4v) is 1.83. The molecule has 0 aliphatic rings. The van der Waals surface area contributed by atoms with Gasteiger partial charge in [-0.1, -0.05) is 19.9 Å². The van der Waals surface area contributed by atoms with Gasteiger partial charge in [0.05, 0.1) is 4.47 Å². The van der Waals surface area contributed by atoms with Gasteiger partial charge in [-0.05, 0) is 52.4 Å². The predicted octanol–water partition coefficient (Wildman–Crippen LogP) is 3.59. The molecular formula is C12H18BrNO. The molecule has 0 aliphatic heterocycles. The van der Waals surface area contributed by atoms with Crippen LogP contribution in [0, 0.1) is 5.92 Å². The van der Waals surface area contributed by atoms with E-state index in [9.17, 15) is 5.11 Å². The second-order valence-corrected chi connectivity index (χ2v) is 5.14. The van der Waals surface area contributed by atoms with Crippen molar-refractivity contribution < 1.29 is 5.11 Å². The lowest BCUT2D eigenvalue weighted by Crippen LogP contribution is -2.11. The van der Waals surface area contributed by atoms with Crippen LogP contribution in [0.1, 0.15) is 38.3 Å². The van der Waals surface area contributed by atoms with Crippen molar-refractivity contribution in [2.24, 2.45) is 11.7 Å². The van der Waals surface area contributed by atoms with Gasteiger partial charge in [0.25, 0.3) is 0 Å². The van der Waals surface area contributed by atoms with Crippen molar-refractivity contribution in [3.05, 3.63) is 28.2 Å². The van der Waals surface area contributed by atoms with Crippen LogP contribution >= 0.6 is 15.9 Å². The number of halogens is 1. The lowest BCUT2D eigenvalue weighted by molar-refractivity contribution is 0.470. The van der Waals surface area contributed by atoms with Crippen LogP contribution in [0.15, 0.2) is 22.7 Å². The Hall–Kier alpha value is -0.540. The summed E-state index contributed by atoms with van der Waals surface area (Å²) in [5.74, 6) is 0.936. The molecule has 3 heteroatoms. The van der Waals surface area contributed by atoms with Gasteiger partial charge in [0.1, 0.15) is 5.75 Å². The number of phenols is 1. The second kappa shape index (κ2) is 5.52. The van der Waals surface area contributed by atoms with Gasteiger partial charge in [-0.25, -0.2) is 0 Å². The van der Waals surface area contributed by atoms with E-state index in [1.807, 2.05) is 12.1 Å². The molecular weight excluding hydrogens is 254 g/mol. The van der Waals surface area contributed by atoms with Crippen LogP contribution in [0.5, 0.6) is 5.75 Å². The van der Waals surface area contributed by atoms with Crippen LogP contribution < -0.4 is 5.73 Å². The first-order valence-electron chi connectivity index (χ1n) is 5.24. The van der Waals surface area contributed by atoms with Gasteiger partial charge in [0.15, 0.2) is 0 Å². The minimum atomic E-state index is 0.0595. The van der Waals surface area contributed by atoms with Crippen molar-refractivity contribution in [2.75, 3.05) is 0 Å². The van der Waals surface area contributed by atoms with E-state index in [-0.39, 0.29) is 11.8 Å². The van der Waals surface area contributed by atoms with Gasteiger partial charge in [0, 0.05) is 6.04 Å². The summed E-state index contributed by atoms with van der Waals surface area (Å²) in [5, 5.41) is 9.36. The Labute approximate surface area is 99.6 Å². The number of rotatable bonds is 4. The van der Waals surface area contributed by atoms with Crippen LogP contribution in [-0.4, -0.2) is 5.11 Å². The standard InChI is InChI=1S/C12H18BrNO/c1-8(2)3-5-11(14)9-4-6-12(15)10(13)7-9/h4,6-8,11,15H,3,5,14H2,1-2H3/t11-/m1/s1. The summed E-state index contributed by atoms with van der Waals surface area (Å²) >= 11 is 3.29. The highest BCUT2D eigenvalue weighted by Crippen LogP contribution is 2.28. The Kier molecular flexibility index (Phi) is 4.61. The summed E-state index contributed by atoms with van der Waals surface area (Å²) in [7, 11) is 0. The number of benzene rings is 1. The minimum Gasteiger partial charge on any atom is -0.507 e. The molecule has 3 N–H and O–H groups in total. The number of nitrogens with two attached hydrogens (primary N) is 1. The van der Waals surface area contributed by atoms with Crippen molar-refractivity contribution in [3.63, 3.8) is 0 Å². The van der Waals surface area contributed by atoms with Crippen LogP contribution in [-0.2, 0) is 0 Å². The summed E-state index contributed by atoms with van der Waals surface area (Å²) in [5.41, 5.74) is 7.13. The fraction of sp³-hybridized carbons (Fsp3) is 0.500. The molecule has 1 rings (SSSR count). The molecule has 0 heterocycles. The summed E-state index contributed by atoms with van der Waals surface area (Å²) < 4.78 is 0.708. The van der Waals surface area contributed by atoms with Crippen molar-refractivity contribution in [2.45, 2.75) is 32.7 Å². The Balaban J connectivity index is 2.65. The first-order chi connectivity index (χ1) is 7.00. The smallest absolute Gasteiger partial charge is 0.129 e. The maximum Gasteiger partial charge on any atom is 0.129 e. The zero-order valence-electron chi connectivity index (χ0n) is 9.20. The molecule has 0 spiro atoms. The normalized spacial score (nSPS) is 13.1. The van der Waals surface area contributed by atoms with Gasteiger partial charge in [-0.3, -0.25) is 0 Å². The lowest BCUT2D eigenvalue weighted by Gasteiger charge is -2.14. The zero-order valence-corrected chi connectivity index (χ0v) is 10.8. The second-order valence-electron chi connectivity index (χ2n) is 4.29. The molecule has 0 saturated carbocycles. The molecule has 84 valence electrons. The number of hydrogen-bond donors (Lipinski definition) is 2. The Morgan fingerprint density at radius 1 is 1.33 bits per heavy atom. The van der Waals surface area contributed by atoms with E-state index in [4.69, 9.17) is 5.73 Å². The van der Waals surface area contributed by atoms with Crippen molar-refractivity contribution in [3.8, 4) is 5.75 Å². The van der Waals surface area contributed by atoms with E-state index >= 15 is 0 Å². The van der Waals surface area contributed by atoms with Gasteiger partial charge in [0.2, 0.25) is 0 Å². The predicted molar refractivity (Wildman–Crippen MR) is 66.8 cm³/mol. The fourth-order valence-electron chi connectivity index (χ4n) is 1.43. The lowest BCUT2D eigenvalue weighted by atomic mass is 9.98. The number of hydrogen-bond acceptors (Lipinski definition) is 2. The quantitative estimate of drug-likeness (QED) is 0.879. The molecule has 0 unspecified atom stereocenters. The highest BCUT2D eigenvalue weighted by molar-refractivity contribution is 9.10. The average molecular weight is 272 g/mol. The molecule has 0 bridgehead atoms. The van der Waals surface area contributed by atoms with E-state index < -0.39 is 0 Å². The summed E-state index contributed by atoms with van der Waals surface area (Å²) in [6.07, 6.45) is 2.11. The summed E-state index contributed by atoms with van der Waals surface area (Å²) in [6, 6.07) is 5.50. The zero-order chi connectivity index (χ0) is 11.4. The van der Waals surface area contributed by atoms with Crippen LogP contribution in [0.2, 0.25) is 0 Å². The molecule has 0 radical (unpaired) electrons. The third-order valence-corrected chi connectivity index (χ3v) is 3.09. The third kappa shape index (κ3) is 3.84. The molecule has 1 aromatic rings. The maximum absolute atomic E-state index is 9.36. The highest BCUT2D eigenvalue weighted by atomic mass is 79.9. The van der Waals surface area contributed by atoms with Crippen molar-refractivity contribution >= 4 is 15.9 Å². The monoisotopic (exact) mass is 271 g/mol. The first kappa shape index (κ1) is 12.5. The molecule has 0 aromatic heterocycles. The van der Waals surface area contributed by atoms with Gasteiger partial charge >= 0.3 is 0 Å². The van der Waals surface area contributed by atoms with E-state index in [0.29, 0.717) is 10.4 Å². The Morgan fingerprint density at radius 2 is 2.00 bits per heavy atom. The molecule has 1 aromatic carbocycles. The van der Waals surface area contributed by atoms with Gasteiger partial charge < -0.3 is 10.8 Å². The molecule has 0 amide bonds. The van der Waals surface area contributed by atoms with Crippen LogP contribution in [0.4, 0.5) is 0 Å². The van der Waals surface area contributed by atoms with Crippen LogP contribution in [0.25, 0.3) is 0 Å². The largest absolute Gasteiger partial charge is 0.507 e.